The Morgan fingerprint density at radius 2 is 1.60 bits per heavy atom. The van der Waals surface area contributed by atoms with Crippen LogP contribution in [-0.2, 0) is 6.42 Å². The smallest absolute Gasteiger partial charge is 0.128 e. The minimum atomic E-state index is -0.771. The monoisotopic (exact) mass is 272 g/mol. The van der Waals surface area contributed by atoms with Crippen molar-refractivity contribution in [3.05, 3.63) is 59.2 Å². The van der Waals surface area contributed by atoms with Crippen molar-refractivity contribution < 1.29 is 14.6 Å². The maximum atomic E-state index is 10.7. The van der Waals surface area contributed by atoms with Gasteiger partial charge in [-0.15, -0.1) is 0 Å². The fourth-order valence-electron chi connectivity index (χ4n) is 2.30. The van der Waals surface area contributed by atoms with E-state index in [4.69, 9.17) is 9.47 Å². The summed E-state index contributed by atoms with van der Waals surface area (Å²) in [5, 5.41) is 10.7. The van der Waals surface area contributed by atoms with Gasteiger partial charge in [-0.2, -0.15) is 0 Å². The van der Waals surface area contributed by atoms with E-state index >= 15 is 0 Å². The maximum Gasteiger partial charge on any atom is 0.128 e. The van der Waals surface area contributed by atoms with Crippen LogP contribution in [0.5, 0.6) is 11.5 Å². The topological polar surface area (TPSA) is 38.7 Å². The fraction of sp³-hybridized carbons (Fsp3) is 0.294. The first-order valence-corrected chi connectivity index (χ1v) is 6.69. The summed E-state index contributed by atoms with van der Waals surface area (Å²) in [7, 11) is 3.18. The van der Waals surface area contributed by atoms with Crippen LogP contribution < -0.4 is 9.47 Å². The van der Waals surface area contributed by atoms with Gasteiger partial charge in [-0.05, 0) is 29.7 Å². The Hall–Kier alpha value is -2.00. The summed E-state index contributed by atoms with van der Waals surface area (Å²) in [4.78, 5) is 0. The Morgan fingerprint density at radius 1 is 1.00 bits per heavy atom. The molecule has 0 spiro atoms. The summed E-state index contributed by atoms with van der Waals surface area (Å²) < 4.78 is 10.7. The predicted molar refractivity (Wildman–Crippen MR) is 79.4 cm³/mol. The van der Waals surface area contributed by atoms with Crippen molar-refractivity contribution in [3.63, 3.8) is 0 Å². The van der Waals surface area contributed by atoms with E-state index < -0.39 is 6.10 Å². The van der Waals surface area contributed by atoms with Gasteiger partial charge in [0.05, 0.1) is 19.8 Å². The van der Waals surface area contributed by atoms with Crippen molar-refractivity contribution in [3.8, 4) is 11.5 Å². The summed E-state index contributed by atoms with van der Waals surface area (Å²) in [5.74, 6) is 1.25. The Kier molecular flexibility index (Phi) is 4.64. The van der Waals surface area contributed by atoms with Crippen LogP contribution in [0.3, 0.4) is 0 Å². The second-order valence-electron chi connectivity index (χ2n) is 4.58. The Balaban J connectivity index is 2.49. The molecule has 0 aliphatic rings. The van der Waals surface area contributed by atoms with Crippen LogP contribution >= 0.6 is 0 Å². The molecule has 0 aliphatic heterocycles. The number of aliphatic hydroxyl groups excluding tert-OH is 1. The highest BCUT2D eigenvalue weighted by atomic mass is 16.5. The highest BCUT2D eigenvalue weighted by molar-refractivity contribution is 5.49. The van der Waals surface area contributed by atoms with E-state index in [-0.39, 0.29) is 0 Å². The highest BCUT2D eigenvalue weighted by Gasteiger charge is 2.20. The molecule has 3 heteroatoms. The van der Waals surface area contributed by atoms with Gasteiger partial charge in [-0.1, -0.05) is 37.3 Å². The van der Waals surface area contributed by atoms with Gasteiger partial charge in [0.2, 0.25) is 0 Å². The molecule has 0 fully saturated rings. The lowest BCUT2D eigenvalue weighted by molar-refractivity contribution is 0.208. The molecule has 0 bridgehead atoms. The van der Waals surface area contributed by atoms with Crippen LogP contribution in [0, 0.1) is 0 Å². The predicted octanol–water partition coefficient (Wildman–Crippen LogP) is 3.35. The quantitative estimate of drug-likeness (QED) is 0.907. The number of ether oxygens (including phenoxy) is 2. The Bertz CT molecular complexity index is 556. The Labute approximate surface area is 119 Å². The molecule has 0 radical (unpaired) electrons. The highest BCUT2D eigenvalue weighted by Crippen LogP contribution is 2.37. The zero-order chi connectivity index (χ0) is 14.5. The molecule has 0 amide bonds. The van der Waals surface area contributed by atoms with Gasteiger partial charge in [-0.3, -0.25) is 0 Å². The summed E-state index contributed by atoms with van der Waals surface area (Å²) >= 11 is 0. The van der Waals surface area contributed by atoms with E-state index in [2.05, 4.69) is 13.0 Å². The molecule has 2 aromatic rings. The van der Waals surface area contributed by atoms with Gasteiger partial charge in [-0.25, -0.2) is 0 Å². The molecule has 3 nitrogen and oxygen atoms in total. The van der Waals surface area contributed by atoms with Crippen LogP contribution in [-0.4, -0.2) is 19.3 Å². The van der Waals surface area contributed by atoms with Crippen molar-refractivity contribution >= 4 is 0 Å². The molecule has 0 saturated heterocycles. The van der Waals surface area contributed by atoms with E-state index in [9.17, 15) is 5.11 Å². The molecule has 1 atom stereocenters. The second-order valence-corrected chi connectivity index (χ2v) is 4.58. The molecular weight excluding hydrogens is 252 g/mol. The molecule has 0 saturated carbocycles. The van der Waals surface area contributed by atoms with Crippen molar-refractivity contribution in [2.45, 2.75) is 19.4 Å². The first-order valence-electron chi connectivity index (χ1n) is 6.69. The lowest BCUT2D eigenvalue weighted by Crippen LogP contribution is -2.05. The third-order valence-corrected chi connectivity index (χ3v) is 3.41. The summed E-state index contributed by atoms with van der Waals surface area (Å²) in [6.07, 6.45) is 0.163. The molecule has 2 aromatic carbocycles. The van der Waals surface area contributed by atoms with E-state index in [1.165, 1.54) is 5.56 Å². The first-order chi connectivity index (χ1) is 9.71. The number of hydrogen-bond acceptors (Lipinski definition) is 3. The van der Waals surface area contributed by atoms with Crippen LogP contribution in [0.1, 0.15) is 29.7 Å². The van der Waals surface area contributed by atoms with Crippen LogP contribution in [0.25, 0.3) is 0 Å². The molecule has 0 aromatic heterocycles. The number of hydrogen-bond donors (Lipinski definition) is 1. The summed E-state index contributed by atoms with van der Waals surface area (Å²) in [6.45, 7) is 2.09. The van der Waals surface area contributed by atoms with Crippen LogP contribution in [0.2, 0.25) is 0 Å². The average molecular weight is 272 g/mol. The van der Waals surface area contributed by atoms with E-state index in [1.807, 2.05) is 36.4 Å². The van der Waals surface area contributed by atoms with E-state index in [0.29, 0.717) is 17.1 Å². The van der Waals surface area contributed by atoms with Crippen molar-refractivity contribution in [2.75, 3.05) is 14.2 Å². The van der Waals surface area contributed by atoms with Gasteiger partial charge in [0, 0.05) is 0 Å². The lowest BCUT2D eigenvalue weighted by Gasteiger charge is -2.18. The third kappa shape index (κ3) is 2.78. The molecule has 106 valence electrons. The van der Waals surface area contributed by atoms with Crippen molar-refractivity contribution in [1.29, 1.82) is 0 Å². The molecule has 0 aliphatic carbocycles. The van der Waals surface area contributed by atoms with Gasteiger partial charge in [0.15, 0.2) is 0 Å². The SMILES string of the molecule is CCc1cccc(C(O)c2c(OC)cccc2OC)c1. The lowest BCUT2D eigenvalue weighted by atomic mass is 9.97. The zero-order valence-electron chi connectivity index (χ0n) is 12.1. The summed E-state index contributed by atoms with van der Waals surface area (Å²) in [5.41, 5.74) is 2.69. The molecule has 20 heavy (non-hydrogen) atoms. The van der Waals surface area contributed by atoms with Gasteiger partial charge in [0.25, 0.3) is 0 Å². The minimum Gasteiger partial charge on any atom is -0.496 e. The average Bonchev–Trinajstić information content (AvgIpc) is 2.53. The zero-order valence-corrected chi connectivity index (χ0v) is 12.1. The standard InChI is InChI=1S/C17H20O3/c1-4-12-7-5-8-13(11-12)17(18)16-14(19-2)9-6-10-15(16)20-3/h5-11,17-18H,4H2,1-3H3. The second kappa shape index (κ2) is 6.44. The molecular formula is C17H20O3. The first kappa shape index (κ1) is 14.4. The molecule has 0 heterocycles. The maximum absolute atomic E-state index is 10.7. The van der Waals surface area contributed by atoms with Crippen molar-refractivity contribution in [2.24, 2.45) is 0 Å². The largest absolute Gasteiger partial charge is 0.496 e. The molecule has 1 N–H and O–H groups in total. The third-order valence-electron chi connectivity index (χ3n) is 3.41. The minimum absolute atomic E-state index is 0.624. The molecule has 1 unspecified atom stereocenters. The number of rotatable bonds is 5. The fourth-order valence-corrected chi connectivity index (χ4v) is 2.30. The number of benzene rings is 2. The number of aliphatic hydroxyl groups is 1. The van der Waals surface area contributed by atoms with Crippen LogP contribution in [0.4, 0.5) is 0 Å². The number of aryl methyl sites for hydroxylation is 1. The van der Waals surface area contributed by atoms with Crippen LogP contribution in [0.15, 0.2) is 42.5 Å². The number of methoxy groups -OCH3 is 2. The summed E-state index contributed by atoms with van der Waals surface area (Å²) in [6, 6.07) is 13.4. The molecule has 2 rings (SSSR count). The Morgan fingerprint density at radius 3 is 2.15 bits per heavy atom. The van der Waals surface area contributed by atoms with Gasteiger partial charge in [0.1, 0.15) is 17.6 Å². The van der Waals surface area contributed by atoms with Crippen molar-refractivity contribution in [1.82, 2.24) is 0 Å². The normalized spacial score (nSPS) is 12.0. The van der Waals surface area contributed by atoms with E-state index in [1.54, 1.807) is 14.2 Å². The van der Waals surface area contributed by atoms with Gasteiger partial charge < -0.3 is 14.6 Å². The van der Waals surface area contributed by atoms with Gasteiger partial charge >= 0.3 is 0 Å². The van der Waals surface area contributed by atoms with E-state index in [0.717, 1.165) is 12.0 Å².